The number of aliphatic hydroxyl groups is 1. The molecule has 1 aliphatic heterocycles. The molecular weight excluding hydrogens is 212 g/mol. The van der Waals surface area contributed by atoms with E-state index in [2.05, 4.69) is 22.4 Å². The summed E-state index contributed by atoms with van der Waals surface area (Å²) in [5, 5.41) is 13.0. The molecule has 1 heterocycles. The fourth-order valence-corrected chi connectivity index (χ4v) is 2.76. The number of aliphatic hydroxyl groups excluding tert-OH is 1. The number of nitrogens with zero attached hydrogens (tertiary/aromatic N) is 1. The first kappa shape index (κ1) is 10.8. The first-order valence-electron chi connectivity index (χ1n) is 6.40. The smallest absolute Gasteiger partial charge is 0.121 e. The molecule has 90 valence electrons. The lowest BCUT2D eigenvalue weighted by atomic mass is 9.85. The summed E-state index contributed by atoms with van der Waals surface area (Å²) in [4.78, 5) is 4.60. The Bertz CT molecular complexity index is 422. The molecule has 0 saturated heterocycles. The van der Waals surface area contributed by atoms with Crippen LogP contribution in [0.1, 0.15) is 31.2 Å². The van der Waals surface area contributed by atoms with Gasteiger partial charge in [-0.15, -0.1) is 0 Å². The maximum absolute atomic E-state index is 9.52. The van der Waals surface area contributed by atoms with Crippen molar-refractivity contribution in [2.75, 3.05) is 5.32 Å². The van der Waals surface area contributed by atoms with Gasteiger partial charge in [0.25, 0.3) is 0 Å². The molecule has 1 unspecified atom stereocenters. The van der Waals surface area contributed by atoms with Crippen molar-refractivity contribution in [3.63, 3.8) is 0 Å². The van der Waals surface area contributed by atoms with E-state index in [0.717, 1.165) is 25.7 Å². The monoisotopic (exact) mass is 230 g/mol. The number of nitrogens with one attached hydrogen (secondary N) is 1. The van der Waals surface area contributed by atoms with Crippen LogP contribution in [0.5, 0.6) is 0 Å². The van der Waals surface area contributed by atoms with Crippen LogP contribution in [0.2, 0.25) is 0 Å². The number of anilines is 1. The van der Waals surface area contributed by atoms with Gasteiger partial charge < -0.3 is 10.4 Å². The van der Waals surface area contributed by atoms with Gasteiger partial charge in [0, 0.05) is 17.5 Å². The van der Waals surface area contributed by atoms with E-state index in [1.54, 1.807) is 0 Å². The molecule has 17 heavy (non-hydrogen) atoms. The molecule has 1 aliphatic carbocycles. The van der Waals surface area contributed by atoms with Crippen molar-refractivity contribution in [2.45, 2.75) is 38.0 Å². The Kier molecular flexibility index (Phi) is 2.85. The van der Waals surface area contributed by atoms with Gasteiger partial charge in [-0.3, -0.25) is 4.99 Å². The van der Waals surface area contributed by atoms with E-state index in [9.17, 15) is 5.11 Å². The summed E-state index contributed by atoms with van der Waals surface area (Å²) in [6.07, 6.45) is 6.04. The molecule has 0 spiro atoms. The SMILES string of the molecule is OC1CCC(C2N=Cc3ccccc3N2)CC1. The van der Waals surface area contributed by atoms with E-state index < -0.39 is 0 Å². The molecule has 3 heteroatoms. The third-order valence-corrected chi connectivity index (χ3v) is 3.83. The Labute approximate surface area is 102 Å². The summed E-state index contributed by atoms with van der Waals surface area (Å²) >= 11 is 0. The zero-order valence-corrected chi connectivity index (χ0v) is 9.84. The average Bonchev–Trinajstić information content (AvgIpc) is 2.39. The van der Waals surface area contributed by atoms with E-state index in [0.29, 0.717) is 5.92 Å². The van der Waals surface area contributed by atoms with Crippen molar-refractivity contribution >= 4 is 11.9 Å². The van der Waals surface area contributed by atoms with Crippen LogP contribution in [0.4, 0.5) is 5.69 Å². The molecule has 0 amide bonds. The van der Waals surface area contributed by atoms with E-state index in [1.807, 2.05) is 18.3 Å². The lowest BCUT2D eigenvalue weighted by Crippen LogP contribution is -2.33. The summed E-state index contributed by atoms with van der Waals surface area (Å²) in [5.41, 5.74) is 2.35. The van der Waals surface area contributed by atoms with Crippen LogP contribution in [-0.2, 0) is 0 Å². The summed E-state index contributed by atoms with van der Waals surface area (Å²) in [5.74, 6) is 0.558. The first-order chi connectivity index (χ1) is 8.33. The van der Waals surface area contributed by atoms with E-state index >= 15 is 0 Å². The summed E-state index contributed by atoms with van der Waals surface area (Å²) in [7, 11) is 0. The second-order valence-electron chi connectivity index (χ2n) is 5.02. The zero-order valence-electron chi connectivity index (χ0n) is 9.84. The van der Waals surface area contributed by atoms with Gasteiger partial charge in [-0.05, 0) is 37.7 Å². The van der Waals surface area contributed by atoms with Crippen LogP contribution in [-0.4, -0.2) is 23.6 Å². The third-order valence-electron chi connectivity index (χ3n) is 3.83. The van der Waals surface area contributed by atoms with Crippen molar-refractivity contribution in [1.82, 2.24) is 0 Å². The molecule has 2 N–H and O–H groups in total. The molecule has 1 aromatic carbocycles. The highest BCUT2D eigenvalue weighted by Crippen LogP contribution is 2.31. The standard InChI is InChI=1S/C14H18N2O/c17-12-7-5-10(6-8-12)14-15-9-11-3-1-2-4-13(11)16-14/h1-4,9-10,12,14,16-17H,5-8H2. The summed E-state index contributed by atoms with van der Waals surface area (Å²) in [6.45, 7) is 0. The number of hydrogen-bond donors (Lipinski definition) is 2. The Balaban J connectivity index is 1.72. The molecule has 3 nitrogen and oxygen atoms in total. The maximum Gasteiger partial charge on any atom is 0.121 e. The van der Waals surface area contributed by atoms with Crippen LogP contribution < -0.4 is 5.32 Å². The molecule has 2 aliphatic rings. The average molecular weight is 230 g/mol. The number of para-hydroxylation sites is 1. The van der Waals surface area contributed by atoms with Crippen molar-refractivity contribution in [2.24, 2.45) is 10.9 Å². The van der Waals surface area contributed by atoms with Gasteiger partial charge in [0.1, 0.15) is 6.17 Å². The predicted molar refractivity (Wildman–Crippen MR) is 69.4 cm³/mol. The second kappa shape index (κ2) is 4.49. The van der Waals surface area contributed by atoms with Crippen molar-refractivity contribution in [3.8, 4) is 0 Å². The topological polar surface area (TPSA) is 44.6 Å². The Hall–Kier alpha value is -1.35. The second-order valence-corrected chi connectivity index (χ2v) is 5.02. The van der Waals surface area contributed by atoms with Crippen LogP contribution in [0, 0.1) is 5.92 Å². The third kappa shape index (κ3) is 2.20. The van der Waals surface area contributed by atoms with Gasteiger partial charge in [-0.25, -0.2) is 0 Å². The van der Waals surface area contributed by atoms with E-state index in [1.165, 1.54) is 11.3 Å². The minimum atomic E-state index is -0.0916. The Morgan fingerprint density at radius 1 is 1.12 bits per heavy atom. The van der Waals surface area contributed by atoms with Gasteiger partial charge >= 0.3 is 0 Å². The molecule has 0 bridgehead atoms. The van der Waals surface area contributed by atoms with Crippen molar-refractivity contribution < 1.29 is 5.11 Å². The van der Waals surface area contributed by atoms with Crippen LogP contribution >= 0.6 is 0 Å². The predicted octanol–water partition coefficient (Wildman–Crippen LogP) is 2.41. The minimum Gasteiger partial charge on any atom is -0.393 e. The minimum absolute atomic E-state index is 0.0916. The summed E-state index contributed by atoms with van der Waals surface area (Å²) in [6, 6.07) is 8.26. The fraction of sp³-hybridized carbons (Fsp3) is 0.500. The number of hydrogen-bond acceptors (Lipinski definition) is 3. The van der Waals surface area contributed by atoms with Gasteiger partial charge in [0.2, 0.25) is 0 Å². The largest absolute Gasteiger partial charge is 0.393 e. The van der Waals surface area contributed by atoms with Crippen LogP contribution in [0.3, 0.4) is 0 Å². The first-order valence-corrected chi connectivity index (χ1v) is 6.40. The fourth-order valence-electron chi connectivity index (χ4n) is 2.76. The number of rotatable bonds is 1. The van der Waals surface area contributed by atoms with E-state index in [4.69, 9.17) is 0 Å². The molecule has 1 fully saturated rings. The van der Waals surface area contributed by atoms with Gasteiger partial charge in [0.15, 0.2) is 0 Å². The number of fused-ring (bicyclic) bond motifs is 1. The maximum atomic E-state index is 9.52. The normalized spacial score (nSPS) is 31.7. The Morgan fingerprint density at radius 2 is 1.88 bits per heavy atom. The van der Waals surface area contributed by atoms with Crippen molar-refractivity contribution in [1.29, 1.82) is 0 Å². The quantitative estimate of drug-likeness (QED) is 0.778. The molecule has 0 radical (unpaired) electrons. The molecule has 0 aromatic heterocycles. The summed E-state index contributed by atoms with van der Waals surface area (Å²) < 4.78 is 0. The molecule has 1 atom stereocenters. The lowest BCUT2D eigenvalue weighted by molar-refractivity contribution is 0.104. The highest BCUT2D eigenvalue weighted by molar-refractivity contribution is 5.89. The van der Waals surface area contributed by atoms with Gasteiger partial charge in [-0.2, -0.15) is 0 Å². The highest BCUT2D eigenvalue weighted by Gasteiger charge is 2.27. The molecule has 1 saturated carbocycles. The van der Waals surface area contributed by atoms with Crippen LogP contribution in [0.15, 0.2) is 29.3 Å². The number of aliphatic imine (C=N–C) groups is 1. The molecule has 1 aromatic rings. The number of benzene rings is 1. The van der Waals surface area contributed by atoms with Crippen LogP contribution in [0.25, 0.3) is 0 Å². The van der Waals surface area contributed by atoms with Crippen molar-refractivity contribution in [3.05, 3.63) is 29.8 Å². The highest BCUT2D eigenvalue weighted by atomic mass is 16.3. The lowest BCUT2D eigenvalue weighted by Gasteiger charge is -2.32. The Morgan fingerprint density at radius 3 is 2.71 bits per heavy atom. The zero-order chi connectivity index (χ0) is 11.7. The van der Waals surface area contributed by atoms with E-state index in [-0.39, 0.29) is 12.3 Å². The molecule has 3 rings (SSSR count). The van der Waals surface area contributed by atoms with Gasteiger partial charge in [-0.1, -0.05) is 18.2 Å². The molecular formula is C14H18N2O. The van der Waals surface area contributed by atoms with Gasteiger partial charge in [0.05, 0.1) is 6.10 Å².